The smallest absolute Gasteiger partial charge is 0.411 e. The SMILES string of the molecule is CC(C)OC(=O)Nc1cc2c(cc1N)OCCCO2. The van der Waals surface area contributed by atoms with E-state index in [1.165, 1.54) is 0 Å². The number of amides is 1. The van der Waals surface area contributed by atoms with Crippen LogP contribution in [0.25, 0.3) is 0 Å². The van der Waals surface area contributed by atoms with Crippen molar-refractivity contribution in [2.24, 2.45) is 0 Å². The van der Waals surface area contributed by atoms with Crippen molar-refractivity contribution in [3.63, 3.8) is 0 Å². The average Bonchev–Trinajstić information content (AvgIpc) is 2.53. The first kappa shape index (κ1) is 13.3. The molecule has 19 heavy (non-hydrogen) atoms. The zero-order chi connectivity index (χ0) is 13.8. The van der Waals surface area contributed by atoms with Crippen molar-refractivity contribution < 1.29 is 19.0 Å². The number of hydrogen-bond donors (Lipinski definition) is 2. The summed E-state index contributed by atoms with van der Waals surface area (Å²) in [5.74, 6) is 1.17. The molecule has 0 unspecified atom stereocenters. The molecule has 0 bridgehead atoms. The molecule has 1 amide bonds. The van der Waals surface area contributed by atoms with Crippen LogP contribution in [0.1, 0.15) is 20.3 Å². The van der Waals surface area contributed by atoms with Gasteiger partial charge in [0.25, 0.3) is 0 Å². The van der Waals surface area contributed by atoms with E-state index in [2.05, 4.69) is 5.32 Å². The molecule has 0 saturated carbocycles. The van der Waals surface area contributed by atoms with Crippen LogP contribution in [0, 0.1) is 0 Å². The zero-order valence-corrected chi connectivity index (χ0v) is 11.1. The molecule has 1 aromatic carbocycles. The van der Waals surface area contributed by atoms with Crippen LogP contribution in [0.15, 0.2) is 12.1 Å². The van der Waals surface area contributed by atoms with E-state index in [-0.39, 0.29) is 6.10 Å². The lowest BCUT2D eigenvalue weighted by Crippen LogP contribution is -2.18. The monoisotopic (exact) mass is 266 g/mol. The Bertz CT molecular complexity index is 474. The number of anilines is 2. The second kappa shape index (κ2) is 5.69. The first-order valence-corrected chi connectivity index (χ1v) is 6.23. The molecular formula is C13H18N2O4. The number of carbonyl (C=O) groups is 1. The summed E-state index contributed by atoms with van der Waals surface area (Å²) in [6.45, 7) is 4.72. The van der Waals surface area contributed by atoms with E-state index in [0.717, 1.165) is 6.42 Å². The van der Waals surface area contributed by atoms with Crippen LogP contribution < -0.4 is 20.5 Å². The molecule has 0 atom stereocenters. The van der Waals surface area contributed by atoms with Crippen LogP contribution in [0.5, 0.6) is 11.5 Å². The summed E-state index contributed by atoms with van der Waals surface area (Å²) in [4.78, 5) is 11.6. The Morgan fingerprint density at radius 1 is 1.32 bits per heavy atom. The molecule has 0 spiro atoms. The first-order chi connectivity index (χ1) is 9.06. The highest BCUT2D eigenvalue weighted by atomic mass is 16.6. The summed E-state index contributed by atoms with van der Waals surface area (Å²) < 4.78 is 16.0. The molecule has 1 aliphatic rings. The lowest BCUT2D eigenvalue weighted by molar-refractivity contribution is 0.130. The zero-order valence-electron chi connectivity index (χ0n) is 11.1. The fourth-order valence-electron chi connectivity index (χ4n) is 1.69. The molecule has 6 nitrogen and oxygen atoms in total. The number of fused-ring (bicyclic) bond motifs is 1. The summed E-state index contributed by atoms with van der Waals surface area (Å²) >= 11 is 0. The van der Waals surface area contributed by atoms with Crippen molar-refractivity contribution in [1.29, 1.82) is 0 Å². The van der Waals surface area contributed by atoms with Gasteiger partial charge in [0.05, 0.1) is 30.7 Å². The van der Waals surface area contributed by atoms with E-state index >= 15 is 0 Å². The molecule has 0 aliphatic carbocycles. The van der Waals surface area contributed by atoms with Gasteiger partial charge in [0, 0.05) is 18.6 Å². The number of nitrogens with one attached hydrogen (secondary N) is 1. The molecule has 1 aromatic rings. The molecule has 1 aliphatic heterocycles. The predicted octanol–water partition coefficient (Wildman–Crippen LogP) is 2.39. The Labute approximate surface area is 111 Å². The van der Waals surface area contributed by atoms with Gasteiger partial charge in [-0.2, -0.15) is 0 Å². The Balaban J connectivity index is 2.17. The predicted molar refractivity (Wildman–Crippen MR) is 71.7 cm³/mol. The third-order valence-corrected chi connectivity index (χ3v) is 2.50. The summed E-state index contributed by atoms with van der Waals surface area (Å²) in [6, 6.07) is 3.29. The summed E-state index contributed by atoms with van der Waals surface area (Å²) in [6.07, 6.45) is 0.0741. The van der Waals surface area contributed by atoms with Crippen LogP contribution in [-0.2, 0) is 4.74 Å². The average molecular weight is 266 g/mol. The van der Waals surface area contributed by atoms with Gasteiger partial charge in [-0.05, 0) is 13.8 Å². The molecule has 6 heteroatoms. The minimum atomic E-state index is -0.545. The van der Waals surface area contributed by atoms with E-state index in [1.54, 1.807) is 26.0 Å². The number of rotatable bonds is 2. The highest BCUT2D eigenvalue weighted by Gasteiger charge is 2.15. The maximum absolute atomic E-state index is 11.6. The molecular weight excluding hydrogens is 248 g/mol. The lowest BCUT2D eigenvalue weighted by Gasteiger charge is -2.14. The summed E-state index contributed by atoms with van der Waals surface area (Å²) in [7, 11) is 0. The molecule has 0 saturated heterocycles. The van der Waals surface area contributed by atoms with Crippen molar-refractivity contribution in [2.45, 2.75) is 26.4 Å². The third kappa shape index (κ3) is 3.43. The van der Waals surface area contributed by atoms with Crippen LogP contribution in [0.4, 0.5) is 16.2 Å². The van der Waals surface area contributed by atoms with Crippen LogP contribution in [-0.4, -0.2) is 25.4 Å². The van der Waals surface area contributed by atoms with E-state index in [4.69, 9.17) is 19.9 Å². The van der Waals surface area contributed by atoms with Gasteiger partial charge in [0.1, 0.15) is 0 Å². The molecule has 0 aromatic heterocycles. The third-order valence-electron chi connectivity index (χ3n) is 2.50. The minimum absolute atomic E-state index is 0.193. The van der Waals surface area contributed by atoms with Gasteiger partial charge in [-0.25, -0.2) is 4.79 Å². The minimum Gasteiger partial charge on any atom is -0.489 e. The fourth-order valence-corrected chi connectivity index (χ4v) is 1.69. The van der Waals surface area contributed by atoms with E-state index in [9.17, 15) is 4.79 Å². The maximum Gasteiger partial charge on any atom is 0.411 e. The normalized spacial score (nSPS) is 13.8. The summed E-state index contributed by atoms with van der Waals surface area (Å²) in [5, 5.41) is 2.59. The Hall–Kier alpha value is -2.11. The Morgan fingerprint density at radius 3 is 2.58 bits per heavy atom. The van der Waals surface area contributed by atoms with Crippen LogP contribution in [0.2, 0.25) is 0 Å². The van der Waals surface area contributed by atoms with E-state index in [0.29, 0.717) is 36.1 Å². The Kier molecular flexibility index (Phi) is 3.99. The number of benzene rings is 1. The van der Waals surface area contributed by atoms with Gasteiger partial charge in [-0.3, -0.25) is 5.32 Å². The van der Waals surface area contributed by atoms with Crippen molar-refractivity contribution in [1.82, 2.24) is 0 Å². The lowest BCUT2D eigenvalue weighted by atomic mass is 10.2. The number of hydrogen-bond acceptors (Lipinski definition) is 5. The molecule has 0 radical (unpaired) electrons. The second-order valence-corrected chi connectivity index (χ2v) is 4.52. The topological polar surface area (TPSA) is 82.8 Å². The number of ether oxygens (including phenoxy) is 3. The molecule has 3 N–H and O–H groups in total. The van der Waals surface area contributed by atoms with Crippen molar-refractivity contribution >= 4 is 17.5 Å². The van der Waals surface area contributed by atoms with Gasteiger partial charge in [-0.1, -0.05) is 0 Å². The van der Waals surface area contributed by atoms with Gasteiger partial charge in [0.15, 0.2) is 11.5 Å². The maximum atomic E-state index is 11.6. The molecule has 0 fully saturated rings. The number of nitrogen functional groups attached to an aromatic ring is 1. The number of carbonyl (C=O) groups excluding carboxylic acids is 1. The van der Waals surface area contributed by atoms with E-state index < -0.39 is 6.09 Å². The summed E-state index contributed by atoms with van der Waals surface area (Å²) in [5.41, 5.74) is 6.73. The quantitative estimate of drug-likeness (QED) is 0.803. The van der Waals surface area contributed by atoms with Gasteiger partial charge < -0.3 is 19.9 Å². The van der Waals surface area contributed by atoms with Crippen molar-refractivity contribution in [2.75, 3.05) is 24.3 Å². The van der Waals surface area contributed by atoms with Gasteiger partial charge in [0.2, 0.25) is 0 Å². The molecule has 1 heterocycles. The molecule has 2 rings (SSSR count). The van der Waals surface area contributed by atoms with Crippen molar-refractivity contribution in [3.8, 4) is 11.5 Å². The highest BCUT2D eigenvalue weighted by Crippen LogP contribution is 2.36. The highest BCUT2D eigenvalue weighted by molar-refractivity contribution is 5.90. The van der Waals surface area contributed by atoms with E-state index in [1.807, 2.05) is 0 Å². The van der Waals surface area contributed by atoms with Crippen LogP contribution in [0.3, 0.4) is 0 Å². The largest absolute Gasteiger partial charge is 0.489 e. The first-order valence-electron chi connectivity index (χ1n) is 6.23. The van der Waals surface area contributed by atoms with Crippen molar-refractivity contribution in [3.05, 3.63) is 12.1 Å². The number of nitrogens with two attached hydrogens (primary N) is 1. The fraction of sp³-hybridized carbons (Fsp3) is 0.462. The van der Waals surface area contributed by atoms with Gasteiger partial charge >= 0.3 is 6.09 Å². The molecule has 104 valence electrons. The standard InChI is InChI=1S/C13H18N2O4/c1-8(2)19-13(16)15-10-7-12-11(6-9(10)14)17-4-3-5-18-12/h6-8H,3-5,14H2,1-2H3,(H,15,16). The Morgan fingerprint density at radius 2 is 1.95 bits per heavy atom. The second-order valence-electron chi connectivity index (χ2n) is 4.52. The van der Waals surface area contributed by atoms with Crippen LogP contribution >= 0.6 is 0 Å². The van der Waals surface area contributed by atoms with Gasteiger partial charge in [-0.15, -0.1) is 0 Å².